The van der Waals surface area contributed by atoms with Crippen molar-refractivity contribution in [1.29, 1.82) is 0 Å². The molecule has 3 N–H and O–H groups in total. The van der Waals surface area contributed by atoms with Crippen LogP contribution >= 0.6 is 0 Å². The number of aliphatic imine (C=N–C) groups is 1. The van der Waals surface area contributed by atoms with Crippen molar-refractivity contribution < 1.29 is 9.84 Å². The van der Waals surface area contributed by atoms with Crippen LogP contribution in [0.1, 0.15) is 110 Å². The van der Waals surface area contributed by atoms with E-state index in [1.165, 1.54) is 36.0 Å². The summed E-state index contributed by atoms with van der Waals surface area (Å²) in [7, 11) is 1.86. The molecule has 1 aromatic rings. The van der Waals surface area contributed by atoms with Gasteiger partial charge in [-0.1, -0.05) is 81.8 Å². The zero-order valence-corrected chi connectivity index (χ0v) is 28.1. The fourth-order valence-electron chi connectivity index (χ4n) is 10.3. The molecule has 1 aromatic carbocycles. The van der Waals surface area contributed by atoms with Crippen LogP contribution in [0.4, 0.5) is 0 Å². The van der Waals surface area contributed by atoms with Crippen molar-refractivity contribution in [1.82, 2.24) is 0 Å². The van der Waals surface area contributed by atoms with Crippen molar-refractivity contribution in [2.75, 3.05) is 7.05 Å². The van der Waals surface area contributed by atoms with Gasteiger partial charge >= 0.3 is 0 Å². The standard InChI is InChI=1S/C39H58N2O2/c1-24(2)35-26(4)22-38(23-34(41-9)43-29(7)30-12-10-25(3)11-13-30)20-18-32-31(36(35)38)14-15-33-37(8,19-17-28(6)42)27(5)16-21-39(32,33)40/h10-13,24,27-28,31-33,42H,4,7,14-23,40H2,1-3,5-6,8-9H3. The van der Waals surface area contributed by atoms with E-state index in [0.717, 1.165) is 56.4 Å². The van der Waals surface area contributed by atoms with Gasteiger partial charge in [0.2, 0.25) is 0 Å². The normalized spacial score (nSPS) is 36.7. The van der Waals surface area contributed by atoms with Gasteiger partial charge in [0, 0.05) is 30.0 Å². The molecule has 5 rings (SSSR count). The van der Waals surface area contributed by atoms with Crippen LogP contribution in [-0.4, -0.2) is 29.7 Å². The third-order valence-corrected chi connectivity index (χ3v) is 12.7. The molecular formula is C39H58N2O2. The molecule has 0 bridgehead atoms. The lowest BCUT2D eigenvalue weighted by Gasteiger charge is -2.64. The first-order valence-electron chi connectivity index (χ1n) is 17.0. The monoisotopic (exact) mass is 586 g/mol. The average Bonchev–Trinajstić information content (AvgIpc) is 3.26. The summed E-state index contributed by atoms with van der Waals surface area (Å²) in [5.41, 5.74) is 14.4. The summed E-state index contributed by atoms with van der Waals surface area (Å²) in [5.74, 6) is 3.96. The molecule has 236 valence electrons. The summed E-state index contributed by atoms with van der Waals surface area (Å²) < 4.78 is 6.45. The van der Waals surface area contributed by atoms with Crippen molar-refractivity contribution in [3.8, 4) is 0 Å². The van der Waals surface area contributed by atoms with Gasteiger partial charge in [0.15, 0.2) is 5.90 Å². The summed E-state index contributed by atoms with van der Waals surface area (Å²) in [6.45, 7) is 22.6. The number of benzene rings is 1. The highest BCUT2D eigenvalue weighted by Gasteiger charge is 2.63. The quantitative estimate of drug-likeness (QED) is 0.181. The molecule has 4 aliphatic carbocycles. The van der Waals surface area contributed by atoms with Crippen LogP contribution in [0.5, 0.6) is 0 Å². The highest BCUT2D eigenvalue weighted by Crippen LogP contribution is 2.68. The van der Waals surface area contributed by atoms with E-state index in [-0.39, 0.29) is 22.5 Å². The number of allylic oxidation sites excluding steroid dienone is 3. The molecule has 43 heavy (non-hydrogen) atoms. The lowest BCUT2D eigenvalue weighted by atomic mass is 9.42. The minimum absolute atomic E-state index is 0.0129. The minimum atomic E-state index is -0.258. The molecule has 0 aromatic heterocycles. The van der Waals surface area contributed by atoms with Gasteiger partial charge in [-0.25, -0.2) is 0 Å². The summed E-state index contributed by atoms with van der Waals surface area (Å²) in [6, 6.07) is 8.35. The average molecular weight is 587 g/mol. The van der Waals surface area contributed by atoms with Crippen LogP contribution in [0.3, 0.4) is 0 Å². The predicted octanol–water partition coefficient (Wildman–Crippen LogP) is 9.03. The Morgan fingerprint density at radius 2 is 1.81 bits per heavy atom. The van der Waals surface area contributed by atoms with Gasteiger partial charge in [-0.2, -0.15) is 0 Å². The van der Waals surface area contributed by atoms with Crippen LogP contribution in [0.2, 0.25) is 0 Å². The molecule has 0 saturated heterocycles. The third kappa shape index (κ3) is 5.61. The number of fused-ring (bicyclic) bond motifs is 5. The number of aliphatic hydroxyl groups excluding tert-OH is 1. The van der Waals surface area contributed by atoms with E-state index < -0.39 is 0 Å². The minimum Gasteiger partial charge on any atom is -0.443 e. The highest BCUT2D eigenvalue weighted by molar-refractivity contribution is 5.83. The Morgan fingerprint density at radius 3 is 2.44 bits per heavy atom. The van der Waals surface area contributed by atoms with Gasteiger partial charge < -0.3 is 15.6 Å². The summed E-state index contributed by atoms with van der Waals surface area (Å²) in [6.07, 6.45) is 10.4. The maximum absolute atomic E-state index is 10.2. The van der Waals surface area contributed by atoms with E-state index in [9.17, 15) is 5.11 Å². The SMILES string of the molecule is C=C1CC2(CC(=NC)OC(=C)c3ccc(C)cc3)CCC3C(CCC4C(C)(CCC(C)O)C(C)CCC34N)C2=C1C(C)C. The molecule has 0 spiro atoms. The third-order valence-electron chi connectivity index (χ3n) is 12.7. The number of hydrogen-bond donors (Lipinski definition) is 2. The Bertz CT molecular complexity index is 1290. The van der Waals surface area contributed by atoms with Gasteiger partial charge in [0.25, 0.3) is 0 Å². The Hall–Kier alpha value is -2.17. The Labute approximate surface area is 262 Å². The van der Waals surface area contributed by atoms with Crippen molar-refractivity contribution in [3.05, 3.63) is 65.3 Å². The van der Waals surface area contributed by atoms with Gasteiger partial charge in [0.05, 0.1) is 6.10 Å². The second-order valence-electron chi connectivity index (χ2n) is 15.6. The molecule has 4 nitrogen and oxygen atoms in total. The fraction of sp³-hybridized carbons (Fsp3) is 0.667. The molecule has 4 heteroatoms. The maximum atomic E-state index is 10.2. The lowest BCUT2D eigenvalue weighted by Crippen LogP contribution is -2.67. The van der Waals surface area contributed by atoms with Crippen LogP contribution in [0.25, 0.3) is 5.76 Å². The number of ether oxygens (including phenoxy) is 1. The lowest BCUT2D eigenvalue weighted by molar-refractivity contribution is -0.0982. The molecule has 0 radical (unpaired) electrons. The van der Waals surface area contributed by atoms with Crippen molar-refractivity contribution in [3.63, 3.8) is 0 Å². The van der Waals surface area contributed by atoms with Crippen LogP contribution < -0.4 is 5.73 Å². The van der Waals surface area contributed by atoms with Crippen molar-refractivity contribution in [2.45, 2.75) is 117 Å². The molecule has 0 amide bonds. The highest BCUT2D eigenvalue weighted by atomic mass is 16.5. The van der Waals surface area contributed by atoms with Crippen molar-refractivity contribution >= 4 is 11.7 Å². The van der Waals surface area contributed by atoms with Gasteiger partial charge in [0.1, 0.15) is 5.76 Å². The largest absolute Gasteiger partial charge is 0.443 e. The molecule has 3 fully saturated rings. The predicted molar refractivity (Wildman–Crippen MR) is 181 cm³/mol. The fourth-order valence-corrected chi connectivity index (χ4v) is 10.3. The zero-order valence-electron chi connectivity index (χ0n) is 28.1. The van der Waals surface area contributed by atoms with Crippen molar-refractivity contribution in [2.24, 2.45) is 51.1 Å². The first-order chi connectivity index (χ1) is 20.3. The van der Waals surface area contributed by atoms with E-state index >= 15 is 0 Å². The number of aryl methyl sites for hydroxylation is 1. The molecular weight excluding hydrogens is 528 g/mol. The van der Waals surface area contributed by atoms with E-state index in [2.05, 4.69) is 72.0 Å². The summed E-state index contributed by atoms with van der Waals surface area (Å²) in [4.78, 5) is 4.70. The summed E-state index contributed by atoms with van der Waals surface area (Å²) >= 11 is 0. The smallest absolute Gasteiger partial charge is 0.190 e. The molecule has 4 aliphatic rings. The molecule has 0 aliphatic heterocycles. The zero-order chi connectivity index (χ0) is 31.3. The molecule has 3 saturated carbocycles. The number of hydrogen-bond acceptors (Lipinski definition) is 4. The van der Waals surface area contributed by atoms with E-state index in [4.69, 9.17) is 15.5 Å². The Morgan fingerprint density at radius 1 is 1.12 bits per heavy atom. The first kappa shape index (κ1) is 32.2. The number of nitrogens with two attached hydrogens (primary N) is 1. The topological polar surface area (TPSA) is 67.8 Å². The Balaban J connectivity index is 1.47. The summed E-state index contributed by atoms with van der Waals surface area (Å²) in [5, 5.41) is 10.2. The van der Waals surface area contributed by atoms with Gasteiger partial charge in [-0.15, -0.1) is 0 Å². The van der Waals surface area contributed by atoms with Crippen LogP contribution in [0.15, 0.2) is 59.1 Å². The molecule has 8 unspecified atom stereocenters. The Kier molecular flexibility index (Phi) is 8.97. The molecule has 0 heterocycles. The van der Waals surface area contributed by atoms with E-state index in [1.54, 1.807) is 5.57 Å². The molecule has 8 atom stereocenters. The van der Waals surface area contributed by atoms with Crippen LogP contribution in [-0.2, 0) is 4.74 Å². The van der Waals surface area contributed by atoms with E-state index in [1.807, 2.05) is 14.0 Å². The second-order valence-corrected chi connectivity index (χ2v) is 15.6. The van der Waals surface area contributed by atoms with E-state index in [0.29, 0.717) is 35.3 Å². The maximum Gasteiger partial charge on any atom is 0.190 e. The number of rotatable bonds is 8. The number of nitrogens with zero attached hydrogens (tertiary/aromatic N) is 1. The number of aliphatic hydroxyl groups is 1. The second kappa shape index (κ2) is 12.0. The van der Waals surface area contributed by atoms with Gasteiger partial charge in [-0.3, -0.25) is 4.99 Å². The van der Waals surface area contributed by atoms with Gasteiger partial charge in [-0.05, 0) is 112 Å². The first-order valence-corrected chi connectivity index (χ1v) is 17.0. The van der Waals surface area contributed by atoms with Crippen LogP contribution in [0, 0.1) is 47.3 Å².